The number of hydrazine groups is 1. The topological polar surface area (TPSA) is 94.3 Å². The van der Waals surface area contributed by atoms with Gasteiger partial charge in [0.1, 0.15) is 12.2 Å². The smallest absolute Gasteiger partial charge is 0.286 e. The number of carbonyl (C=O) groups is 3. The van der Waals surface area contributed by atoms with Crippen molar-refractivity contribution in [3.63, 3.8) is 0 Å². The van der Waals surface area contributed by atoms with E-state index in [1.807, 2.05) is 18.2 Å². The summed E-state index contributed by atoms with van der Waals surface area (Å²) in [4.78, 5) is 40.6. The second kappa shape index (κ2) is 7.69. The molecule has 0 spiro atoms. The van der Waals surface area contributed by atoms with Crippen molar-refractivity contribution in [2.24, 2.45) is 0 Å². The quantitative estimate of drug-likeness (QED) is 0.681. The van der Waals surface area contributed by atoms with Crippen molar-refractivity contribution in [2.75, 3.05) is 13.1 Å². The molecule has 0 aliphatic carbocycles. The van der Waals surface area contributed by atoms with Crippen molar-refractivity contribution in [3.8, 4) is 0 Å². The molecule has 7 nitrogen and oxygen atoms in total. The summed E-state index contributed by atoms with van der Waals surface area (Å²) in [7, 11) is 0. The Balaban J connectivity index is 1.55. The Kier molecular flexibility index (Phi) is 5.37. The molecule has 3 N–H and O–H groups in total. The zero-order valence-corrected chi connectivity index (χ0v) is 15.2. The highest BCUT2D eigenvalue weighted by Gasteiger charge is 2.19. The van der Waals surface area contributed by atoms with E-state index in [2.05, 4.69) is 31.8 Å². The average Bonchev–Trinajstić information content (AvgIpc) is 2.90. The van der Waals surface area contributed by atoms with Crippen LogP contribution in [0, 0.1) is 0 Å². The molecule has 0 unspecified atom stereocenters. The fourth-order valence-electron chi connectivity index (χ4n) is 2.84. The molecule has 0 saturated carbocycles. The second-order valence-electron chi connectivity index (χ2n) is 6.04. The normalized spacial score (nSPS) is 15.1. The van der Waals surface area contributed by atoms with Crippen molar-refractivity contribution in [3.05, 3.63) is 34.4 Å². The summed E-state index contributed by atoms with van der Waals surface area (Å²) in [5.41, 5.74) is 5.91. The molecule has 2 aromatic rings. The second-order valence-corrected chi connectivity index (χ2v) is 6.96. The van der Waals surface area contributed by atoms with Gasteiger partial charge >= 0.3 is 0 Å². The van der Waals surface area contributed by atoms with Crippen LogP contribution in [0.2, 0.25) is 0 Å². The Labute approximate surface area is 153 Å². The van der Waals surface area contributed by atoms with Crippen LogP contribution < -0.4 is 10.9 Å². The first kappa shape index (κ1) is 17.5. The maximum atomic E-state index is 12.2. The molecule has 1 aromatic heterocycles. The van der Waals surface area contributed by atoms with Gasteiger partial charge in [0, 0.05) is 28.3 Å². The predicted octanol–water partition coefficient (Wildman–Crippen LogP) is 2.09. The number of aromatic amines is 1. The monoisotopic (exact) mass is 406 g/mol. The van der Waals surface area contributed by atoms with Gasteiger partial charge in [-0.2, -0.15) is 0 Å². The van der Waals surface area contributed by atoms with Crippen LogP contribution in [-0.2, 0) is 9.59 Å². The maximum Gasteiger partial charge on any atom is 0.286 e. The summed E-state index contributed by atoms with van der Waals surface area (Å²) in [5.74, 6) is -0.870. The molecule has 1 aliphatic rings. The van der Waals surface area contributed by atoms with Crippen LogP contribution >= 0.6 is 15.9 Å². The number of aromatic nitrogens is 1. The molecule has 1 aromatic carbocycles. The van der Waals surface area contributed by atoms with Crippen LogP contribution in [-0.4, -0.2) is 40.7 Å². The van der Waals surface area contributed by atoms with Crippen LogP contribution in [0.1, 0.15) is 36.2 Å². The number of likely N-dealkylation sites (tertiary alicyclic amines) is 1. The van der Waals surface area contributed by atoms with Gasteiger partial charge in [0.25, 0.3) is 11.8 Å². The molecule has 8 heteroatoms. The molecule has 132 valence electrons. The average molecular weight is 407 g/mol. The van der Waals surface area contributed by atoms with E-state index in [-0.39, 0.29) is 12.5 Å². The molecule has 0 atom stereocenters. The van der Waals surface area contributed by atoms with E-state index in [0.29, 0.717) is 18.7 Å². The van der Waals surface area contributed by atoms with Crippen LogP contribution in [0.25, 0.3) is 10.9 Å². The zero-order chi connectivity index (χ0) is 17.8. The first-order chi connectivity index (χ1) is 12.0. The summed E-state index contributed by atoms with van der Waals surface area (Å²) < 4.78 is 0.918. The van der Waals surface area contributed by atoms with Gasteiger partial charge in [-0.15, -0.1) is 0 Å². The van der Waals surface area contributed by atoms with Crippen molar-refractivity contribution in [1.29, 1.82) is 0 Å². The third kappa shape index (κ3) is 4.39. The number of nitrogens with zero attached hydrogens (tertiary/aromatic N) is 1. The minimum atomic E-state index is -0.442. The van der Waals surface area contributed by atoms with Crippen molar-refractivity contribution < 1.29 is 14.4 Å². The van der Waals surface area contributed by atoms with Crippen LogP contribution in [0.15, 0.2) is 28.7 Å². The SMILES string of the molecule is O=C(CN1CCCCCC1=O)NNC(=O)c1cc2cc(Br)ccc2[nH]1. The maximum absolute atomic E-state index is 12.2. The number of carbonyl (C=O) groups excluding carboxylic acids is 3. The fraction of sp³-hybridized carbons (Fsp3) is 0.353. The number of amides is 3. The van der Waals surface area contributed by atoms with Gasteiger partial charge in [-0.25, -0.2) is 0 Å². The number of nitrogens with one attached hydrogen (secondary N) is 3. The summed E-state index contributed by atoms with van der Waals surface area (Å²) in [6, 6.07) is 7.34. The molecular formula is C17H19BrN4O3. The highest BCUT2D eigenvalue weighted by molar-refractivity contribution is 9.10. The molecule has 1 fully saturated rings. The van der Waals surface area contributed by atoms with Crippen molar-refractivity contribution >= 4 is 44.6 Å². The number of H-pyrrole nitrogens is 1. The third-order valence-corrected chi connectivity index (χ3v) is 4.64. The molecule has 1 saturated heterocycles. The van der Waals surface area contributed by atoms with E-state index in [1.165, 1.54) is 4.90 Å². The summed E-state index contributed by atoms with van der Waals surface area (Å²) in [6.45, 7) is 0.538. The molecule has 0 radical (unpaired) electrons. The summed E-state index contributed by atoms with van der Waals surface area (Å²) >= 11 is 3.38. The van der Waals surface area contributed by atoms with Gasteiger partial charge in [-0.3, -0.25) is 25.2 Å². The Bertz CT molecular complexity index is 817. The largest absolute Gasteiger partial charge is 0.350 e. The number of fused-ring (bicyclic) bond motifs is 1. The molecule has 2 heterocycles. The van der Waals surface area contributed by atoms with E-state index in [9.17, 15) is 14.4 Å². The number of hydrogen-bond acceptors (Lipinski definition) is 3. The Morgan fingerprint density at radius 1 is 1.16 bits per heavy atom. The highest BCUT2D eigenvalue weighted by Crippen LogP contribution is 2.20. The minimum Gasteiger partial charge on any atom is -0.350 e. The summed E-state index contributed by atoms with van der Waals surface area (Å²) in [6.07, 6.45) is 3.24. The van der Waals surface area contributed by atoms with E-state index in [0.717, 1.165) is 34.6 Å². The fourth-order valence-corrected chi connectivity index (χ4v) is 3.22. The van der Waals surface area contributed by atoms with Crippen LogP contribution in [0.5, 0.6) is 0 Å². The lowest BCUT2D eigenvalue weighted by Gasteiger charge is -2.19. The lowest BCUT2D eigenvalue weighted by atomic mass is 10.2. The number of halogens is 1. The van der Waals surface area contributed by atoms with Crippen LogP contribution in [0.3, 0.4) is 0 Å². The standard InChI is InChI=1S/C17H19BrN4O3/c18-12-5-6-13-11(8-12)9-14(19-13)17(25)21-20-15(23)10-22-7-3-1-2-4-16(22)24/h5-6,8-9,19H,1-4,7,10H2,(H,20,23)(H,21,25). The third-order valence-electron chi connectivity index (χ3n) is 4.15. The first-order valence-electron chi connectivity index (χ1n) is 8.18. The minimum absolute atomic E-state index is 0.0137. The van der Waals surface area contributed by atoms with Gasteiger partial charge in [-0.05, 0) is 37.1 Å². The molecular weight excluding hydrogens is 388 g/mol. The zero-order valence-electron chi connectivity index (χ0n) is 13.6. The molecule has 3 amide bonds. The number of hydrogen-bond donors (Lipinski definition) is 3. The Morgan fingerprint density at radius 2 is 2.00 bits per heavy atom. The molecule has 0 bridgehead atoms. The molecule has 25 heavy (non-hydrogen) atoms. The molecule has 1 aliphatic heterocycles. The van der Waals surface area contributed by atoms with E-state index in [4.69, 9.17) is 0 Å². The highest BCUT2D eigenvalue weighted by atomic mass is 79.9. The predicted molar refractivity (Wildman–Crippen MR) is 96.7 cm³/mol. The Hall–Kier alpha value is -2.35. The van der Waals surface area contributed by atoms with Gasteiger partial charge in [0.05, 0.1) is 0 Å². The lowest BCUT2D eigenvalue weighted by Crippen LogP contribution is -2.47. The van der Waals surface area contributed by atoms with Crippen LogP contribution in [0.4, 0.5) is 0 Å². The lowest BCUT2D eigenvalue weighted by molar-refractivity contribution is -0.135. The van der Waals surface area contributed by atoms with Crippen molar-refractivity contribution in [2.45, 2.75) is 25.7 Å². The van der Waals surface area contributed by atoms with E-state index in [1.54, 1.807) is 6.07 Å². The number of rotatable bonds is 3. The number of benzene rings is 1. The first-order valence-corrected chi connectivity index (χ1v) is 8.97. The Morgan fingerprint density at radius 3 is 2.84 bits per heavy atom. The van der Waals surface area contributed by atoms with Gasteiger partial charge in [-0.1, -0.05) is 22.4 Å². The van der Waals surface area contributed by atoms with Gasteiger partial charge in [0.2, 0.25) is 5.91 Å². The van der Waals surface area contributed by atoms with Gasteiger partial charge in [0.15, 0.2) is 0 Å². The summed E-state index contributed by atoms with van der Waals surface area (Å²) in [5, 5.41) is 0.890. The van der Waals surface area contributed by atoms with Gasteiger partial charge < -0.3 is 9.88 Å². The van der Waals surface area contributed by atoms with Crippen molar-refractivity contribution in [1.82, 2.24) is 20.7 Å². The molecule has 3 rings (SSSR count). The van der Waals surface area contributed by atoms with E-state index < -0.39 is 11.8 Å². The van der Waals surface area contributed by atoms with E-state index >= 15 is 0 Å².